The number of rotatable bonds is 3. The SMILES string of the molecule is CC(=O)N1N=C(c2cccc(Cl)c2)OC1c1cccc([N+](=O)[O-])c1. The molecular formula is C16H12ClN3O4. The maximum absolute atomic E-state index is 11.9. The molecular weight excluding hydrogens is 334 g/mol. The van der Waals surface area contributed by atoms with E-state index in [1.54, 1.807) is 30.3 Å². The maximum Gasteiger partial charge on any atom is 0.269 e. The van der Waals surface area contributed by atoms with Crippen molar-refractivity contribution in [1.29, 1.82) is 0 Å². The number of nitro groups is 1. The summed E-state index contributed by atoms with van der Waals surface area (Å²) in [5.74, 6) is -0.118. The molecule has 0 fully saturated rings. The molecule has 3 rings (SSSR count). The fourth-order valence-corrected chi connectivity index (χ4v) is 2.50. The van der Waals surface area contributed by atoms with E-state index < -0.39 is 11.2 Å². The third-order valence-electron chi connectivity index (χ3n) is 3.40. The molecule has 2 aromatic rings. The second-order valence-corrected chi connectivity index (χ2v) is 5.54. The molecule has 1 atom stereocenters. The van der Waals surface area contributed by atoms with Crippen LogP contribution in [0.5, 0.6) is 0 Å². The monoisotopic (exact) mass is 345 g/mol. The summed E-state index contributed by atoms with van der Waals surface area (Å²) in [4.78, 5) is 22.3. The predicted octanol–water partition coefficient (Wildman–Crippen LogP) is 3.49. The molecule has 0 aliphatic carbocycles. The predicted molar refractivity (Wildman–Crippen MR) is 87.4 cm³/mol. The Labute approximate surface area is 142 Å². The topological polar surface area (TPSA) is 85.0 Å². The van der Waals surface area contributed by atoms with Crippen LogP contribution >= 0.6 is 11.6 Å². The molecule has 0 bridgehead atoms. The Balaban J connectivity index is 1.97. The minimum Gasteiger partial charge on any atom is -0.446 e. The van der Waals surface area contributed by atoms with Gasteiger partial charge in [0.25, 0.3) is 5.69 Å². The lowest BCUT2D eigenvalue weighted by molar-refractivity contribution is -0.385. The van der Waals surface area contributed by atoms with Crippen molar-refractivity contribution < 1.29 is 14.5 Å². The molecule has 0 saturated heterocycles. The molecule has 1 heterocycles. The first-order valence-electron chi connectivity index (χ1n) is 7.01. The third-order valence-corrected chi connectivity index (χ3v) is 3.64. The van der Waals surface area contributed by atoms with Crippen LogP contribution < -0.4 is 0 Å². The molecule has 1 amide bonds. The number of hydrogen-bond acceptors (Lipinski definition) is 5. The van der Waals surface area contributed by atoms with Gasteiger partial charge < -0.3 is 4.74 Å². The molecule has 0 spiro atoms. The van der Waals surface area contributed by atoms with Crippen LogP contribution in [0.25, 0.3) is 0 Å². The maximum atomic E-state index is 11.9. The Hall–Kier alpha value is -2.93. The van der Waals surface area contributed by atoms with Gasteiger partial charge in [-0.05, 0) is 18.2 Å². The molecule has 1 unspecified atom stereocenters. The van der Waals surface area contributed by atoms with E-state index in [-0.39, 0.29) is 17.5 Å². The van der Waals surface area contributed by atoms with E-state index in [4.69, 9.17) is 16.3 Å². The number of carbonyl (C=O) groups is 1. The van der Waals surface area contributed by atoms with Gasteiger partial charge in [-0.2, -0.15) is 5.01 Å². The standard InChI is InChI=1S/C16H12ClN3O4/c1-10(21)19-16(12-5-3-7-14(9-12)20(22)23)24-15(18-19)11-4-2-6-13(17)8-11/h2-9,16H,1H3. The van der Waals surface area contributed by atoms with Gasteiger partial charge in [0.05, 0.1) is 4.92 Å². The molecule has 1 aliphatic heterocycles. The highest BCUT2D eigenvalue weighted by molar-refractivity contribution is 6.31. The first-order valence-corrected chi connectivity index (χ1v) is 7.39. The van der Waals surface area contributed by atoms with Crippen LogP contribution in [0.2, 0.25) is 5.02 Å². The van der Waals surface area contributed by atoms with E-state index in [1.165, 1.54) is 25.1 Å². The fourth-order valence-electron chi connectivity index (χ4n) is 2.31. The minimum atomic E-state index is -0.864. The summed E-state index contributed by atoms with van der Waals surface area (Å²) in [6.07, 6.45) is -0.864. The number of halogens is 1. The number of nitro benzene ring substituents is 1. The summed E-state index contributed by atoms with van der Waals surface area (Å²) in [6, 6.07) is 12.8. The number of non-ortho nitro benzene ring substituents is 1. The Morgan fingerprint density at radius 2 is 2.04 bits per heavy atom. The van der Waals surface area contributed by atoms with Crippen LogP contribution in [0.4, 0.5) is 5.69 Å². The second-order valence-electron chi connectivity index (χ2n) is 5.10. The Bertz CT molecular complexity index is 853. The lowest BCUT2D eigenvalue weighted by Crippen LogP contribution is -2.25. The van der Waals surface area contributed by atoms with Crippen molar-refractivity contribution in [3.05, 3.63) is 74.8 Å². The van der Waals surface area contributed by atoms with E-state index in [1.807, 2.05) is 0 Å². The fraction of sp³-hybridized carbons (Fsp3) is 0.125. The number of amides is 1. The molecule has 8 heteroatoms. The van der Waals surface area contributed by atoms with Crippen LogP contribution in [0.1, 0.15) is 24.3 Å². The average molecular weight is 346 g/mol. The van der Waals surface area contributed by atoms with Crippen LogP contribution in [0.3, 0.4) is 0 Å². The lowest BCUT2D eigenvalue weighted by Gasteiger charge is -2.19. The van der Waals surface area contributed by atoms with Gasteiger partial charge in [0.15, 0.2) is 0 Å². The second kappa shape index (κ2) is 6.29. The lowest BCUT2D eigenvalue weighted by atomic mass is 10.1. The van der Waals surface area contributed by atoms with Gasteiger partial charge in [0.2, 0.25) is 18.0 Å². The summed E-state index contributed by atoms with van der Waals surface area (Å²) >= 11 is 5.97. The van der Waals surface area contributed by atoms with Gasteiger partial charge in [0.1, 0.15) is 0 Å². The van der Waals surface area contributed by atoms with Crippen molar-refractivity contribution in [3.8, 4) is 0 Å². The van der Waals surface area contributed by atoms with E-state index in [2.05, 4.69) is 5.10 Å². The van der Waals surface area contributed by atoms with E-state index in [0.29, 0.717) is 16.1 Å². The minimum absolute atomic E-state index is 0.0872. The summed E-state index contributed by atoms with van der Waals surface area (Å²) in [7, 11) is 0. The number of carbonyl (C=O) groups excluding carboxylic acids is 1. The molecule has 0 saturated carbocycles. The Morgan fingerprint density at radius 1 is 1.29 bits per heavy atom. The number of hydrazone groups is 1. The van der Waals surface area contributed by atoms with Crippen molar-refractivity contribution in [2.75, 3.05) is 0 Å². The summed E-state index contributed by atoms with van der Waals surface area (Å²) in [5.41, 5.74) is 0.984. The van der Waals surface area contributed by atoms with Crippen LogP contribution in [-0.4, -0.2) is 21.7 Å². The molecule has 2 aromatic carbocycles. The van der Waals surface area contributed by atoms with Gasteiger partial charge in [-0.3, -0.25) is 14.9 Å². The van der Waals surface area contributed by atoms with Gasteiger partial charge in [-0.1, -0.05) is 29.8 Å². The molecule has 0 N–H and O–H groups in total. The van der Waals surface area contributed by atoms with Gasteiger partial charge in [0, 0.05) is 35.2 Å². The Kier molecular flexibility index (Phi) is 4.18. The average Bonchev–Trinajstić information content (AvgIpc) is 3.00. The summed E-state index contributed by atoms with van der Waals surface area (Å²) in [6.45, 7) is 1.35. The van der Waals surface area contributed by atoms with Gasteiger partial charge in [-0.25, -0.2) is 0 Å². The molecule has 24 heavy (non-hydrogen) atoms. The summed E-state index contributed by atoms with van der Waals surface area (Å²) < 4.78 is 5.77. The van der Waals surface area contributed by atoms with Gasteiger partial charge >= 0.3 is 0 Å². The summed E-state index contributed by atoms with van der Waals surface area (Å²) in [5, 5.41) is 16.8. The van der Waals surface area contributed by atoms with E-state index in [0.717, 1.165) is 5.01 Å². The highest BCUT2D eigenvalue weighted by Gasteiger charge is 2.33. The molecule has 0 radical (unpaired) electrons. The molecule has 7 nitrogen and oxygen atoms in total. The number of ether oxygens (including phenoxy) is 1. The van der Waals surface area contributed by atoms with Crippen molar-refractivity contribution in [2.45, 2.75) is 13.2 Å². The van der Waals surface area contributed by atoms with Crippen molar-refractivity contribution in [1.82, 2.24) is 5.01 Å². The third kappa shape index (κ3) is 3.07. The molecule has 122 valence electrons. The quantitative estimate of drug-likeness (QED) is 0.629. The van der Waals surface area contributed by atoms with E-state index in [9.17, 15) is 14.9 Å². The number of benzene rings is 2. The number of nitrogens with zero attached hydrogens (tertiary/aromatic N) is 3. The molecule has 1 aliphatic rings. The Morgan fingerprint density at radius 3 is 2.71 bits per heavy atom. The van der Waals surface area contributed by atoms with Crippen molar-refractivity contribution in [2.24, 2.45) is 5.10 Å². The first kappa shape index (κ1) is 15.9. The van der Waals surface area contributed by atoms with Gasteiger partial charge in [-0.15, -0.1) is 5.10 Å². The molecule has 0 aromatic heterocycles. The zero-order chi connectivity index (χ0) is 17.3. The normalized spacial score (nSPS) is 16.5. The zero-order valence-electron chi connectivity index (χ0n) is 12.5. The highest BCUT2D eigenvalue weighted by Crippen LogP contribution is 2.32. The smallest absolute Gasteiger partial charge is 0.269 e. The zero-order valence-corrected chi connectivity index (χ0v) is 13.3. The number of hydrogen-bond donors (Lipinski definition) is 0. The van der Waals surface area contributed by atoms with Crippen LogP contribution in [0, 0.1) is 10.1 Å². The van der Waals surface area contributed by atoms with Crippen LogP contribution in [0.15, 0.2) is 53.6 Å². The van der Waals surface area contributed by atoms with Crippen molar-refractivity contribution >= 4 is 29.1 Å². The van der Waals surface area contributed by atoms with Crippen LogP contribution in [-0.2, 0) is 9.53 Å². The van der Waals surface area contributed by atoms with E-state index >= 15 is 0 Å². The largest absolute Gasteiger partial charge is 0.446 e. The van der Waals surface area contributed by atoms with Crippen molar-refractivity contribution in [3.63, 3.8) is 0 Å². The first-order chi connectivity index (χ1) is 11.5. The highest BCUT2D eigenvalue weighted by atomic mass is 35.5.